The van der Waals surface area contributed by atoms with Gasteiger partial charge in [0, 0.05) is 43.2 Å². The number of nitrogens with one attached hydrogen (secondary N) is 2. The third kappa shape index (κ3) is 4.52. The van der Waals surface area contributed by atoms with Gasteiger partial charge in [-0.25, -0.2) is 9.97 Å². The molecule has 29 heavy (non-hydrogen) atoms. The molecule has 0 spiro atoms. The molecule has 4 aromatic rings. The fourth-order valence-electron chi connectivity index (χ4n) is 2.84. The molecular weight excluding hydrogens is 364 g/mol. The quantitative estimate of drug-likeness (QED) is 0.483. The second-order valence-electron chi connectivity index (χ2n) is 6.84. The maximum Gasteiger partial charge on any atom is 0.175 e. The van der Waals surface area contributed by atoms with Gasteiger partial charge in [0.25, 0.3) is 0 Å². The summed E-state index contributed by atoms with van der Waals surface area (Å²) in [6.07, 6.45) is 0. The molecule has 0 aliphatic carbocycles. The largest absolute Gasteiger partial charge is 0.378 e. The molecule has 2 aromatic carbocycles. The molecule has 7 heteroatoms. The summed E-state index contributed by atoms with van der Waals surface area (Å²) in [5.41, 5.74) is 3.00. The molecule has 0 bridgehead atoms. The lowest BCUT2D eigenvalue weighted by atomic mass is 10.2. The van der Waals surface area contributed by atoms with Crippen molar-refractivity contribution in [3.05, 3.63) is 72.5 Å². The molecule has 0 unspecified atom stereocenters. The van der Waals surface area contributed by atoms with E-state index in [1.807, 2.05) is 75.6 Å². The molecule has 2 N–H and O–H groups in total. The van der Waals surface area contributed by atoms with Crippen LogP contribution < -0.4 is 15.5 Å². The van der Waals surface area contributed by atoms with E-state index in [2.05, 4.69) is 42.8 Å². The van der Waals surface area contributed by atoms with Crippen LogP contribution in [-0.2, 0) is 0 Å². The van der Waals surface area contributed by atoms with E-state index in [1.165, 1.54) is 0 Å². The van der Waals surface area contributed by atoms with E-state index in [-0.39, 0.29) is 0 Å². The average Bonchev–Trinajstić information content (AvgIpc) is 3.13. The smallest absolute Gasteiger partial charge is 0.175 e. The lowest BCUT2D eigenvalue weighted by Crippen LogP contribution is -2.08. The molecule has 0 saturated heterocycles. The van der Waals surface area contributed by atoms with Crippen LogP contribution in [0.25, 0.3) is 11.4 Å². The highest BCUT2D eigenvalue weighted by Gasteiger charge is 2.09. The summed E-state index contributed by atoms with van der Waals surface area (Å²) >= 11 is 0. The summed E-state index contributed by atoms with van der Waals surface area (Å²) in [6.45, 7) is 1.85. The normalized spacial score (nSPS) is 10.6. The average molecular weight is 386 g/mol. The topological polar surface area (TPSA) is 79.1 Å². The Hall–Kier alpha value is -3.87. The Morgan fingerprint density at radius 2 is 1.48 bits per heavy atom. The van der Waals surface area contributed by atoms with E-state index in [0.29, 0.717) is 23.3 Å². The third-order valence-electron chi connectivity index (χ3n) is 4.30. The highest BCUT2D eigenvalue weighted by atomic mass is 16.5. The zero-order valence-corrected chi connectivity index (χ0v) is 16.5. The first-order valence-corrected chi connectivity index (χ1v) is 9.26. The maximum absolute atomic E-state index is 5.13. The van der Waals surface area contributed by atoms with E-state index in [1.54, 1.807) is 0 Å². The van der Waals surface area contributed by atoms with Gasteiger partial charge in [0.2, 0.25) is 0 Å². The molecule has 0 fully saturated rings. The van der Waals surface area contributed by atoms with Gasteiger partial charge in [-0.15, -0.1) is 0 Å². The lowest BCUT2D eigenvalue weighted by Gasteiger charge is -2.14. The summed E-state index contributed by atoms with van der Waals surface area (Å²) in [5.74, 6) is 3.24. The minimum Gasteiger partial charge on any atom is -0.378 e. The molecule has 2 aromatic heterocycles. The van der Waals surface area contributed by atoms with E-state index >= 15 is 0 Å². The van der Waals surface area contributed by atoms with E-state index < -0.39 is 0 Å². The predicted octanol–water partition coefficient (Wildman–Crippen LogP) is 4.99. The fraction of sp³-hybridized carbons (Fsp3) is 0.136. The Balaban J connectivity index is 1.67. The van der Waals surface area contributed by atoms with Gasteiger partial charge in [-0.3, -0.25) is 0 Å². The molecule has 146 valence electrons. The number of aryl methyl sites for hydroxylation is 1. The Morgan fingerprint density at radius 3 is 2.10 bits per heavy atom. The van der Waals surface area contributed by atoms with Crippen LogP contribution in [0.4, 0.5) is 28.8 Å². The van der Waals surface area contributed by atoms with Crippen molar-refractivity contribution in [3.8, 4) is 11.4 Å². The van der Waals surface area contributed by atoms with Crippen LogP contribution >= 0.6 is 0 Å². The van der Waals surface area contributed by atoms with Crippen molar-refractivity contribution >= 4 is 28.8 Å². The van der Waals surface area contributed by atoms with Crippen LogP contribution in [0.3, 0.4) is 0 Å². The Bertz CT molecular complexity index is 1090. The lowest BCUT2D eigenvalue weighted by molar-refractivity contribution is 0.400. The molecule has 0 atom stereocenters. The van der Waals surface area contributed by atoms with Gasteiger partial charge in [-0.05, 0) is 31.2 Å². The summed E-state index contributed by atoms with van der Waals surface area (Å²) in [7, 11) is 4.03. The molecule has 0 radical (unpaired) electrons. The number of hydrogen-bond acceptors (Lipinski definition) is 7. The molecule has 7 nitrogen and oxygen atoms in total. The number of hydrogen-bond donors (Lipinski definition) is 2. The van der Waals surface area contributed by atoms with Gasteiger partial charge in [0.05, 0.1) is 0 Å². The SMILES string of the molecule is Cc1cc(Nc2cc(Nc3ccc(N(C)C)cc3)nc(-c3ccccc3)n2)no1. The van der Waals surface area contributed by atoms with Crippen molar-refractivity contribution in [3.63, 3.8) is 0 Å². The summed E-state index contributed by atoms with van der Waals surface area (Å²) in [5, 5.41) is 10.5. The van der Waals surface area contributed by atoms with Crippen LogP contribution in [0, 0.1) is 6.92 Å². The number of aromatic nitrogens is 3. The number of nitrogens with zero attached hydrogens (tertiary/aromatic N) is 4. The van der Waals surface area contributed by atoms with Crippen LogP contribution in [0.5, 0.6) is 0 Å². The number of anilines is 5. The molecule has 0 saturated carbocycles. The minimum atomic E-state index is 0.599. The maximum atomic E-state index is 5.13. The van der Waals surface area contributed by atoms with E-state index in [4.69, 9.17) is 4.52 Å². The predicted molar refractivity (Wildman–Crippen MR) is 116 cm³/mol. The number of benzene rings is 2. The van der Waals surface area contributed by atoms with Gasteiger partial charge in [0.15, 0.2) is 11.6 Å². The van der Waals surface area contributed by atoms with Crippen LogP contribution in [0.2, 0.25) is 0 Å². The van der Waals surface area contributed by atoms with Crippen molar-refractivity contribution in [2.75, 3.05) is 29.6 Å². The molecule has 2 heterocycles. The summed E-state index contributed by atoms with van der Waals surface area (Å²) in [6, 6.07) is 21.7. The molecule has 0 aliphatic rings. The Morgan fingerprint density at radius 1 is 0.793 bits per heavy atom. The van der Waals surface area contributed by atoms with Crippen LogP contribution in [-0.4, -0.2) is 29.2 Å². The summed E-state index contributed by atoms with van der Waals surface area (Å²) in [4.78, 5) is 11.4. The third-order valence-corrected chi connectivity index (χ3v) is 4.30. The van der Waals surface area contributed by atoms with E-state index in [9.17, 15) is 0 Å². The van der Waals surface area contributed by atoms with Crippen molar-refractivity contribution in [1.29, 1.82) is 0 Å². The first kappa shape index (κ1) is 18.5. The Kier molecular flexibility index (Phi) is 5.11. The molecule has 0 amide bonds. The van der Waals surface area contributed by atoms with E-state index in [0.717, 1.165) is 22.7 Å². The highest BCUT2D eigenvalue weighted by molar-refractivity contribution is 5.68. The fourth-order valence-corrected chi connectivity index (χ4v) is 2.84. The van der Waals surface area contributed by atoms with Crippen molar-refractivity contribution in [2.45, 2.75) is 6.92 Å². The van der Waals surface area contributed by atoms with Gasteiger partial charge in [-0.1, -0.05) is 35.5 Å². The summed E-state index contributed by atoms with van der Waals surface area (Å²) < 4.78 is 5.13. The zero-order chi connectivity index (χ0) is 20.2. The second kappa shape index (κ2) is 8.02. The molecule has 0 aliphatic heterocycles. The second-order valence-corrected chi connectivity index (χ2v) is 6.84. The van der Waals surface area contributed by atoms with Gasteiger partial charge in [0.1, 0.15) is 17.4 Å². The van der Waals surface area contributed by atoms with Crippen molar-refractivity contribution < 1.29 is 4.52 Å². The van der Waals surface area contributed by atoms with Crippen molar-refractivity contribution in [1.82, 2.24) is 15.1 Å². The molecular formula is C22H22N6O. The minimum absolute atomic E-state index is 0.599. The monoisotopic (exact) mass is 386 g/mol. The van der Waals surface area contributed by atoms with Gasteiger partial charge in [-0.2, -0.15) is 0 Å². The highest BCUT2D eigenvalue weighted by Crippen LogP contribution is 2.25. The first-order valence-electron chi connectivity index (χ1n) is 9.26. The standard InChI is InChI=1S/C22H22N6O/c1-15-13-21(27-29-15)24-20-14-19(23-17-9-11-18(12-10-17)28(2)3)25-22(26-20)16-7-5-4-6-8-16/h4-14H,1-3H3,(H2,23,24,25,26,27). The molecule has 4 rings (SSSR count). The van der Waals surface area contributed by atoms with Gasteiger partial charge >= 0.3 is 0 Å². The first-order chi connectivity index (χ1) is 14.1. The van der Waals surface area contributed by atoms with Crippen LogP contribution in [0.15, 0.2) is 71.3 Å². The van der Waals surface area contributed by atoms with Crippen molar-refractivity contribution in [2.24, 2.45) is 0 Å². The zero-order valence-electron chi connectivity index (χ0n) is 16.5. The van der Waals surface area contributed by atoms with Gasteiger partial charge < -0.3 is 20.1 Å². The van der Waals surface area contributed by atoms with Crippen LogP contribution in [0.1, 0.15) is 5.76 Å². The number of rotatable bonds is 6. The Labute approximate surface area is 169 Å².